The Kier molecular flexibility index (Phi) is 12.8. The van der Waals surface area contributed by atoms with Crippen molar-refractivity contribution in [2.45, 2.75) is 52.2 Å². The fourth-order valence-corrected chi connectivity index (χ4v) is 4.51. The zero-order valence-corrected chi connectivity index (χ0v) is 26.0. The smallest absolute Gasteiger partial charge is 0.328 e. The minimum atomic E-state index is -0.957. The van der Waals surface area contributed by atoms with Crippen LogP contribution < -0.4 is 24.3 Å². The topological polar surface area (TPSA) is 132 Å². The predicted octanol–water partition coefficient (Wildman–Crippen LogP) is 4.55. The van der Waals surface area contributed by atoms with E-state index in [-0.39, 0.29) is 29.5 Å². The van der Waals surface area contributed by atoms with Gasteiger partial charge in [0.25, 0.3) is 5.91 Å². The Hall–Kier alpha value is -4.80. The lowest BCUT2D eigenvalue weighted by Gasteiger charge is -2.27. The normalized spacial score (nSPS) is 12.1. The van der Waals surface area contributed by atoms with Gasteiger partial charge in [-0.15, -0.1) is 0 Å². The molecule has 1 N–H and O–H groups in total. The molecule has 2 atom stereocenters. The standard InChI is InChI=1S/C33H40N2O9/c1-7-28(35-32(37)30-31(43-20-42-22(3)36)29(41-6)16-17-34-30)33(38)44-21(2)25(18-23-8-12-26(39-4)13-9-23)19-24-10-14-27(40-5)15-11-24/h8-17,21,25,28H,7,18-20H2,1-6H3,(H,35,37)/t21-,28-/m0/s1. The van der Waals surface area contributed by atoms with Crippen LogP contribution in [0, 0.1) is 5.92 Å². The first-order valence-electron chi connectivity index (χ1n) is 14.2. The van der Waals surface area contributed by atoms with E-state index >= 15 is 0 Å². The maximum atomic E-state index is 13.4. The summed E-state index contributed by atoms with van der Waals surface area (Å²) in [5.41, 5.74) is 2.00. The highest BCUT2D eigenvalue weighted by atomic mass is 16.7. The number of pyridine rings is 1. The molecule has 11 heteroatoms. The number of hydrogen-bond donors (Lipinski definition) is 1. The zero-order chi connectivity index (χ0) is 32.1. The Bertz CT molecular complexity index is 1330. The number of carbonyl (C=O) groups excluding carboxylic acids is 3. The third kappa shape index (κ3) is 9.62. The monoisotopic (exact) mass is 608 g/mol. The Morgan fingerprint density at radius 2 is 1.41 bits per heavy atom. The van der Waals surface area contributed by atoms with Gasteiger partial charge in [0.2, 0.25) is 6.79 Å². The lowest BCUT2D eigenvalue weighted by molar-refractivity contribution is -0.153. The van der Waals surface area contributed by atoms with E-state index in [4.69, 9.17) is 28.4 Å². The van der Waals surface area contributed by atoms with Crippen molar-refractivity contribution in [2.75, 3.05) is 28.1 Å². The molecule has 44 heavy (non-hydrogen) atoms. The summed E-state index contributed by atoms with van der Waals surface area (Å²) in [4.78, 5) is 41.9. The summed E-state index contributed by atoms with van der Waals surface area (Å²) in [6, 6.07) is 16.1. The number of methoxy groups -OCH3 is 3. The molecule has 0 fully saturated rings. The Balaban J connectivity index is 1.76. The molecule has 0 aliphatic carbocycles. The Labute approximate surface area is 257 Å². The van der Waals surface area contributed by atoms with Gasteiger partial charge in [-0.05, 0) is 61.6 Å². The van der Waals surface area contributed by atoms with E-state index in [1.54, 1.807) is 21.1 Å². The highest BCUT2D eigenvalue weighted by molar-refractivity contribution is 5.98. The van der Waals surface area contributed by atoms with Gasteiger partial charge in [0.1, 0.15) is 23.6 Å². The molecule has 1 aromatic heterocycles. The van der Waals surface area contributed by atoms with E-state index < -0.39 is 36.8 Å². The first kappa shape index (κ1) is 33.7. The molecule has 236 valence electrons. The van der Waals surface area contributed by atoms with Crippen molar-refractivity contribution in [3.63, 3.8) is 0 Å². The largest absolute Gasteiger partial charge is 0.497 e. The fourth-order valence-electron chi connectivity index (χ4n) is 4.51. The summed E-state index contributed by atoms with van der Waals surface area (Å²) in [6.45, 7) is 4.40. The lowest BCUT2D eigenvalue weighted by atomic mass is 9.88. The van der Waals surface area contributed by atoms with Crippen LogP contribution >= 0.6 is 0 Å². The van der Waals surface area contributed by atoms with Gasteiger partial charge >= 0.3 is 11.9 Å². The van der Waals surface area contributed by atoms with Crippen LogP contribution in [-0.2, 0) is 31.9 Å². The van der Waals surface area contributed by atoms with Crippen molar-refractivity contribution in [1.29, 1.82) is 0 Å². The zero-order valence-electron chi connectivity index (χ0n) is 26.0. The number of amides is 1. The van der Waals surface area contributed by atoms with Crippen LogP contribution in [0.15, 0.2) is 60.8 Å². The molecule has 0 aliphatic rings. The van der Waals surface area contributed by atoms with Crippen molar-refractivity contribution >= 4 is 17.8 Å². The second-order valence-electron chi connectivity index (χ2n) is 10.0. The van der Waals surface area contributed by atoms with Crippen molar-refractivity contribution in [2.24, 2.45) is 5.92 Å². The van der Waals surface area contributed by atoms with E-state index in [0.29, 0.717) is 12.8 Å². The first-order valence-corrected chi connectivity index (χ1v) is 14.2. The molecule has 0 saturated heterocycles. The molecule has 0 radical (unpaired) electrons. The van der Waals surface area contributed by atoms with Crippen LogP contribution in [0.4, 0.5) is 0 Å². The van der Waals surface area contributed by atoms with E-state index in [0.717, 1.165) is 22.6 Å². The molecular formula is C33H40N2O9. The van der Waals surface area contributed by atoms with Crippen LogP contribution in [0.1, 0.15) is 48.8 Å². The van der Waals surface area contributed by atoms with Gasteiger partial charge in [0.05, 0.1) is 21.3 Å². The predicted molar refractivity (Wildman–Crippen MR) is 162 cm³/mol. The highest BCUT2D eigenvalue weighted by Gasteiger charge is 2.29. The Morgan fingerprint density at radius 1 is 0.841 bits per heavy atom. The number of rotatable bonds is 16. The molecule has 2 aromatic carbocycles. The van der Waals surface area contributed by atoms with Crippen molar-refractivity contribution in [3.8, 4) is 23.0 Å². The third-order valence-corrected chi connectivity index (χ3v) is 7.05. The molecule has 3 rings (SSSR count). The second kappa shape index (κ2) is 16.7. The van der Waals surface area contributed by atoms with Gasteiger partial charge in [0, 0.05) is 25.1 Å². The van der Waals surface area contributed by atoms with Gasteiger partial charge < -0.3 is 33.7 Å². The SMILES string of the molecule is CC[C@H](NC(=O)c1nccc(OC)c1OCOC(C)=O)C(=O)O[C@@H](C)C(Cc1ccc(OC)cc1)Cc1ccc(OC)cc1. The summed E-state index contributed by atoms with van der Waals surface area (Å²) in [6.07, 6.45) is 2.44. The van der Waals surface area contributed by atoms with Crippen molar-refractivity contribution in [1.82, 2.24) is 10.3 Å². The summed E-state index contributed by atoms with van der Waals surface area (Å²) in [5, 5.41) is 2.70. The maximum absolute atomic E-state index is 13.4. The molecule has 0 bridgehead atoms. The minimum absolute atomic E-state index is 0.0237. The number of benzene rings is 2. The number of hydrogen-bond acceptors (Lipinski definition) is 10. The summed E-state index contributed by atoms with van der Waals surface area (Å²) < 4.78 is 32.1. The average molecular weight is 609 g/mol. The quantitative estimate of drug-likeness (QED) is 0.183. The molecule has 0 spiro atoms. The highest BCUT2D eigenvalue weighted by Crippen LogP contribution is 2.30. The number of nitrogens with one attached hydrogen (secondary N) is 1. The Morgan fingerprint density at radius 3 is 1.89 bits per heavy atom. The van der Waals surface area contributed by atoms with E-state index in [2.05, 4.69) is 10.3 Å². The van der Waals surface area contributed by atoms with Gasteiger partial charge in [-0.1, -0.05) is 31.2 Å². The number of esters is 2. The maximum Gasteiger partial charge on any atom is 0.328 e. The van der Waals surface area contributed by atoms with Crippen molar-refractivity contribution in [3.05, 3.63) is 77.6 Å². The van der Waals surface area contributed by atoms with Gasteiger partial charge in [-0.25, -0.2) is 9.78 Å². The molecule has 3 aromatic rings. The van der Waals surface area contributed by atoms with Gasteiger partial charge in [-0.3, -0.25) is 9.59 Å². The summed E-state index contributed by atoms with van der Waals surface area (Å²) in [5.74, 6) is -0.182. The average Bonchev–Trinajstić information content (AvgIpc) is 3.03. The molecule has 0 aliphatic heterocycles. The number of nitrogens with zero attached hydrogens (tertiary/aromatic N) is 1. The lowest BCUT2D eigenvalue weighted by Crippen LogP contribution is -2.43. The van der Waals surface area contributed by atoms with Crippen LogP contribution in [0.3, 0.4) is 0 Å². The van der Waals surface area contributed by atoms with Crippen LogP contribution in [0.25, 0.3) is 0 Å². The summed E-state index contributed by atoms with van der Waals surface area (Å²) >= 11 is 0. The molecular weight excluding hydrogens is 568 g/mol. The first-order chi connectivity index (χ1) is 21.2. The summed E-state index contributed by atoms with van der Waals surface area (Å²) in [7, 11) is 4.64. The van der Waals surface area contributed by atoms with Crippen LogP contribution in [-0.4, -0.2) is 63.1 Å². The van der Waals surface area contributed by atoms with Crippen LogP contribution in [0.5, 0.6) is 23.0 Å². The van der Waals surface area contributed by atoms with E-state index in [1.165, 1.54) is 26.3 Å². The minimum Gasteiger partial charge on any atom is -0.497 e. The fraction of sp³-hybridized carbons (Fsp3) is 0.394. The van der Waals surface area contributed by atoms with E-state index in [1.807, 2.05) is 55.5 Å². The number of carbonyl (C=O) groups is 3. The molecule has 0 saturated carbocycles. The van der Waals surface area contributed by atoms with Gasteiger partial charge in [-0.2, -0.15) is 0 Å². The van der Waals surface area contributed by atoms with Crippen LogP contribution in [0.2, 0.25) is 0 Å². The molecule has 1 amide bonds. The van der Waals surface area contributed by atoms with Gasteiger partial charge in [0.15, 0.2) is 17.2 Å². The van der Waals surface area contributed by atoms with E-state index in [9.17, 15) is 14.4 Å². The third-order valence-electron chi connectivity index (χ3n) is 7.05. The van der Waals surface area contributed by atoms with Crippen molar-refractivity contribution < 1.29 is 42.8 Å². The second-order valence-corrected chi connectivity index (χ2v) is 10.0. The molecule has 0 unspecified atom stereocenters. The molecule has 1 heterocycles. The molecule has 11 nitrogen and oxygen atoms in total. The number of aromatic nitrogens is 1. The number of ether oxygens (including phenoxy) is 6.